The van der Waals surface area contributed by atoms with Crippen LogP contribution in [0.15, 0.2) is 29.1 Å². The van der Waals surface area contributed by atoms with Gasteiger partial charge >= 0.3 is 5.97 Å². The van der Waals surface area contributed by atoms with Crippen molar-refractivity contribution in [2.75, 3.05) is 7.11 Å². The maximum atomic E-state index is 12.7. The molecule has 1 amide bonds. The molecule has 2 rings (SSSR count). The van der Waals surface area contributed by atoms with Crippen LogP contribution in [0.3, 0.4) is 0 Å². The third-order valence-corrected chi connectivity index (χ3v) is 4.34. The van der Waals surface area contributed by atoms with Crippen molar-refractivity contribution in [3.63, 3.8) is 0 Å². The molecule has 0 aliphatic heterocycles. The number of esters is 1. The number of amides is 1. The number of ether oxygens (including phenoxy) is 1. The topological polar surface area (TPSA) is 90.3 Å². The van der Waals surface area contributed by atoms with Gasteiger partial charge in [0.05, 0.1) is 24.6 Å². The molecule has 0 aliphatic rings. The maximum absolute atomic E-state index is 12.7. The van der Waals surface area contributed by atoms with Gasteiger partial charge in [-0.2, -0.15) is 5.10 Å². The Morgan fingerprint density at radius 2 is 1.75 bits per heavy atom. The average Bonchev–Trinajstić information content (AvgIpc) is 2.63. The van der Waals surface area contributed by atoms with Crippen LogP contribution in [0.2, 0.25) is 0 Å². The first-order valence-electron chi connectivity index (χ1n) is 9.58. The molecule has 1 aromatic heterocycles. The van der Waals surface area contributed by atoms with Gasteiger partial charge in [-0.1, -0.05) is 45.9 Å². The molecule has 28 heavy (non-hydrogen) atoms. The summed E-state index contributed by atoms with van der Waals surface area (Å²) in [7, 11) is 1.30. The molecule has 2 aromatic rings. The van der Waals surface area contributed by atoms with Crippen molar-refractivity contribution in [2.45, 2.75) is 53.1 Å². The molecule has 1 N–H and O–H groups in total. The van der Waals surface area contributed by atoms with Gasteiger partial charge in [0.15, 0.2) is 0 Å². The molecule has 0 radical (unpaired) electrons. The van der Waals surface area contributed by atoms with Crippen LogP contribution in [-0.2, 0) is 27.3 Å². The number of benzene rings is 1. The SMILES string of the molecule is COC(=O)[C@H](CC(C)C)NC(=O)Cc1nn(CC(C)C)c(=O)c2ccccc12. The molecule has 0 aliphatic carbocycles. The second kappa shape index (κ2) is 9.48. The normalized spacial score (nSPS) is 12.4. The molecule has 0 saturated carbocycles. The summed E-state index contributed by atoms with van der Waals surface area (Å²) in [5.41, 5.74) is 0.349. The summed E-state index contributed by atoms with van der Waals surface area (Å²) in [6.07, 6.45) is 0.462. The van der Waals surface area contributed by atoms with E-state index in [4.69, 9.17) is 4.74 Å². The van der Waals surface area contributed by atoms with E-state index in [0.29, 0.717) is 29.4 Å². The van der Waals surface area contributed by atoms with E-state index < -0.39 is 12.0 Å². The molecular weight excluding hydrogens is 358 g/mol. The first-order valence-corrected chi connectivity index (χ1v) is 9.58. The van der Waals surface area contributed by atoms with Gasteiger partial charge in [-0.05, 0) is 24.3 Å². The molecule has 7 heteroatoms. The minimum atomic E-state index is -0.703. The Kier molecular flexibility index (Phi) is 7.31. The quantitative estimate of drug-likeness (QED) is 0.702. The number of nitrogens with zero attached hydrogens (tertiary/aromatic N) is 2. The van der Waals surface area contributed by atoms with Crippen LogP contribution in [0.5, 0.6) is 0 Å². The van der Waals surface area contributed by atoms with Crippen LogP contribution in [0.4, 0.5) is 0 Å². The Bertz CT molecular complexity index is 902. The Morgan fingerprint density at radius 3 is 2.32 bits per heavy atom. The second-order valence-electron chi connectivity index (χ2n) is 7.82. The first-order chi connectivity index (χ1) is 13.2. The molecular formula is C21H29N3O4. The molecule has 0 saturated heterocycles. The summed E-state index contributed by atoms with van der Waals surface area (Å²) in [4.78, 5) is 37.3. The second-order valence-corrected chi connectivity index (χ2v) is 7.82. The van der Waals surface area contributed by atoms with Crippen LogP contribution in [0.1, 0.15) is 39.8 Å². The molecule has 1 aromatic carbocycles. The van der Waals surface area contributed by atoms with Crippen molar-refractivity contribution in [1.29, 1.82) is 0 Å². The number of fused-ring (bicyclic) bond motifs is 1. The summed E-state index contributed by atoms with van der Waals surface area (Å²) in [6.45, 7) is 8.42. The zero-order chi connectivity index (χ0) is 20.8. The number of carbonyl (C=O) groups excluding carboxylic acids is 2. The minimum absolute atomic E-state index is 0.0233. The Balaban J connectivity index is 2.33. The standard InChI is InChI=1S/C21H29N3O4/c1-13(2)10-18(21(27)28-5)22-19(25)11-17-15-8-6-7-9-16(15)20(26)24(23-17)12-14(3)4/h6-9,13-14,18H,10-12H2,1-5H3,(H,22,25)/t18-/m0/s1. The molecule has 152 valence electrons. The number of rotatable bonds is 8. The van der Waals surface area contributed by atoms with Crippen molar-refractivity contribution in [3.8, 4) is 0 Å². The Hall–Kier alpha value is -2.70. The number of hydrogen-bond acceptors (Lipinski definition) is 5. The fraction of sp³-hybridized carbons (Fsp3) is 0.524. The molecule has 0 unspecified atom stereocenters. The van der Waals surface area contributed by atoms with E-state index in [1.165, 1.54) is 11.8 Å². The third kappa shape index (κ3) is 5.41. The van der Waals surface area contributed by atoms with Crippen LogP contribution >= 0.6 is 0 Å². The largest absolute Gasteiger partial charge is 0.467 e. The molecule has 0 bridgehead atoms. The van der Waals surface area contributed by atoms with E-state index in [2.05, 4.69) is 10.4 Å². The average molecular weight is 387 g/mol. The van der Waals surface area contributed by atoms with Crippen molar-refractivity contribution >= 4 is 22.6 Å². The number of hydrogen-bond donors (Lipinski definition) is 1. The van der Waals surface area contributed by atoms with Crippen LogP contribution in [0, 0.1) is 11.8 Å². The van der Waals surface area contributed by atoms with Gasteiger partial charge in [-0.3, -0.25) is 9.59 Å². The highest BCUT2D eigenvalue weighted by molar-refractivity contribution is 5.90. The van der Waals surface area contributed by atoms with Crippen molar-refractivity contribution < 1.29 is 14.3 Å². The van der Waals surface area contributed by atoms with E-state index in [-0.39, 0.29) is 29.7 Å². The zero-order valence-corrected chi connectivity index (χ0v) is 17.2. The van der Waals surface area contributed by atoms with Gasteiger partial charge in [-0.25, -0.2) is 9.48 Å². The lowest BCUT2D eigenvalue weighted by Crippen LogP contribution is -2.43. The zero-order valence-electron chi connectivity index (χ0n) is 17.2. The predicted molar refractivity (Wildman–Crippen MR) is 108 cm³/mol. The first kappa shape index (κ1) is 21.6. The summed E-state index contributed by atoms with van der Waals surface area (Å²) < 4.78 is 6.22. The highest BCUT2D eigenvalue weighted by atomic mass is 16.5. The molecule has 0 spiro atoms. The molecule has 1 atom stereocenters. The lowest BCUT2D eigenvalue weighted by molar-refractivity contribution is -0.145. The lowest BCUT2D eigenvalue weighted by Gasteiger charge is -2.18. The maximum Gasteiger partial charge on any atom is 0.328 e. The van der Waals surface area contributed by atoms with Crippen molar-refractivity contribution in [3.05, 3.63) is 40.3 Å². The van der Waals surface area contributed by atoms with Gasteiger partial charge in [0.25, 0.3) is 5.56 Å². The van der Waals surface area contributed by atoms with E-state index >= 15 is 0 Å². The van der Waals surface area contributed by atoms with Crippen LogP contribution in [0.25, 0.3) is 10.8 Å². The summed E-state index contributed by atoms with van der Waals surface area (Å²) >= 11 is 0. The van der Waals surface area contributed by atoms with Gasteiger partial charge in [0.1, 0.15) is 6.04 Å². The molecule has 7 nitrogen and oxygen atoms in total. The Morgan fingerprint density at radius 1 is 1.11 bits per heavy atom. The van der Waals surface area contributed by atoms with E-state index in [1.807, 2.05) is 33.8 Å². The van der Waals surface area contributed by atoms with Gasteiger partial charge in [0, 0.05) is 11.9 Å². The fourth-order valence-corrected chi connectivity index (χ4v) is 3.13. The fourth-order valence-electron chi connectivity index (χ4n) is 3.13. The van der Waals surface area contributed by atoms with Crippen LogP contribution in [-0.4, -0.2) is 34.8 Å². The number of nitrogens with one attached hydrogen (secondary N) is 1. The Labute approximate surface area is 165 Å². The molecule has 1 heterocycles. The predicted octanol–water partition coefficient (Wildman–Crippen LogP) is 2.30. The molecule has 0 fully saturated rings. The third-order valence-electron chi connectivity index (χ3n) is 4.34. The summed E-state index contributed by atoms with van der Waals surface area (Å²) in [6, 6.07) is 6.44. The van der Waals surface area contributed by atoms with Gasteiger partial charge < -0.3 is 10.1 Å². The number of carbonyl (C=O) groups is 2. The minimum Gasteiger partial charge on any atom is -0.467 e. The number of aromatic nitrogens is 2. The smallest absolute Gasteiger partial charge is 0.328 e. The highest BCUT2D eigenvalue weighted by Crippen LogP contribution is 2.15. The van der Waals surface area contributed by atoms with Crippen molar-refractivity contribution in [1.82, 2.24) is 15.1 Å². The number of methoxy groups -OCH3 is 1. The van der Waals surface area contributed by atoms with E-state index in [0.717, 1.165) is 0 Å². The lowest BCUT2D eigenvalue weighted by atomic mass is 10.0. The van der Waals surface area contributed by atoms with Crippen LogP contribution < -0.4 is 10.9 Å². The van der Waals surface area contributed by atoms with Gasteiger partial charge in [-0.15, -0.1) is 0 Å². The van der Waals surface area contributed by atoms with Gasteiger partial charge in [0.2, 0.25) is 5.91 Å². The highest BCUT2D eigenvalue weighted by Gasteiger charge is 2.23. The van der Waals surface area contributed by atoms with E-state index in [1.54, 1.807) is 18.2 Å². The summed E-state index contributed by atoms with van der Waals surface area (Å²) in [5, 5.41) is 8.38. The summed E-state index contributed by atoms with van der Waals surface area (Å²) in [5.74, 6) is -0.341. The van der Waals surface area contributed by atoms with Crippen molar-refractivity contribution in [2.24, 2.45) is 11.8 Å². The van der Waals surface area contributed by atoms with E-state index in [9.17, 15) is 14.4 Å². The monoisotopic (exact) mass is 387 g/mol.